The van der Waals surface area contributed by atoms with Crippen LogP contribution in [0.5, 0.6) is 0 Å². The van der Waals surface area contributed by atoms with E-state index < -0.39 is 0 Å². The largest absolute Gasteiger partial charge is 0.253 e. The molecule has 2 aromatic heterocycles. The van der Waals surface area contributed by atoms with Crippen LogP contribution in [0.15, 0.2) is 48.7 Å². The first-order valence-corrected chi connectivity index (χ1v) is 7.12. The fourth-order valence-electron chi connectivity index (χ4n) is 1.97. The fourth-order valence-corrected chi connectivity index (χ4v) is 2.57. The molecule has 21 heavy (non-hydrogen) atoms. The molecule has 0 radical (unpaired) electrons. The molecule has 1 aromatic carbocycles. The van der Waals surface area contributed by atoms with E-state index >= 15 is 0 Å². The van der Waals surface area contributed by atoms with E-state index in [2.05, 4.69) is 15.0 Å². The van der Waals surface area contributed by atoms with Crippen LogP contribution in [0, 0.1) is 6.92 Å². The summed E-state index contributed by atoms with van der Waals surface area (Å²) in [5.41, 5.74) is 3.23. The summed E-state index contributed by atoms with van der Waals surface area (Å²) in [4.78, 5) is 12.9. The molecule has 0 aliphatic carbocycles. The van der Waals surface area contributed by atoms with Crippen molar-refractivity contribution in [3.05, 3.63) is 64.5 Å². The lowest BCUT2D eigenvalue weighted by molar-refractivity contribution is 1.13. The summed E-state index contributed by atoms with van der Waals surface area (Å²) >= 11 is 12.6. The van der Waals surface area contributed by atoms with Gasteiger partial charge in [0.2, 0.25) is 0 Å². The van der Waals surface area contributed by atoms with E-state index in [1.165, 1.54) is 0 Å². The predicted octanol–water partition coefficient (Wildman–Crippen LogP) is 4.82. The molecule has 3 rings (SSSR count). The van der Waals surface area contributed by atoms with Gasteiger partial charge in [0.1, 0.15) is 16.0 Å². The summed E-state index contributed by atoms with van der Waals surface area (Å²) in [7, 11) is 0. The van der Waals surface area contributed by atoms with E-state index in [-0.39, 0.29) is 0 Å². The van der Waals surface area contributed by atoms with Gasteiger partial charge in [0.05, 0.1) is 5.56 Å². The lowest BCUT2D eigenvalue weighted by Gasteiger charge is -2.08. The van der Waals surface area contributed by atoms with Crippen molar-refractivity contribution in [3.8, 4) is 22.6 Å². The zero-order valence-corrected chi connectivity index (χ0v) is 12.7. The van der Waals surface area contributed by atoms with E-state index in [0.29, 0.717) is 27.4 Å². The molecule has 0 saturated carbocycles. The maximum Gasteiger partial charge on any atom is 0.181 e. The molecule has 0 amide bonds. The van der Waals surface area contributed by atoms with Crippen LogP contribution in [0.2, 0.25) is 10.3 Å². The predicted molar refractivity (Wildman–Crippen MR) is 85.5 cm³/mol. The molecule has 0 bridgehead atoms. The van der Waals surface area contributed by atoms with Crippen LogP contribution >= 0.6 is 23.2 Å². The normalized spacial score (nSPS) is 10.6. The second kappa shape index (κ2) is 5.80. The van der Waals surface area contributed by atoms with Crippen molar-refractivity contribution < 1.29 is 0 Å². The molecule has 0 spiro atoms. The molecule has 0 N–H and O–H groups in total. The fraction of sp³-hybridized carbons (Fsp3) is 0.0625. The van der Waals surface area contributed by atoms with Crippen molar-refractivity contribution in [3.63, 3.8) is 0 Å². The molecule has 0 aliphatic heterocycles. The Kier molecular flexibility index (Phi) is 3.86. The minimum atomic E-state index is 0.318. The second-order valence-electron chi connectivity index (χ2n) is 4.59. The standard InChI is InChI=1S/C16H11Cl2N3/c1-10-7-8-12(19-9-10)16-20-14(17)13(15(18)21-16)11-5-3-2-4-6-11/h2-9H,1H3. The van der Waals surface area contributed by atoms with Crippen LogP contribution in [0.3, 0.4) is 0 Å². The van der Waals surface area contributed by atoms with Crippen molar-refractivity contribution in [2.75, 3.05) is 0 Å². The quantitative estimate of drug-likeness (QED) is 0.636. The van der Waals surface area contributed by atoms with E-state index in [1.807, 2.05) is 49.4 Å². The third-order valence-electron chi connectivity index (χ3n) is 3.02. The third-order valence-corrected chi connectivity index (χ3v) is 3.57. The van der Waals surface area contributed by atoms with Gasteiger partial charge in [0.25, 0.3) is 0 Å². The minimum absolute atomic E-state index is 0.318. The zero-order chi connectivity index (χ0) is 14.8. The monoisotopic (exact) mass is 315 g/mol. The molecule has 0 aliphatic rings. The highest BCUT2D eigenvalue weighted by Crippen LogP contribution is 2.33. The number of nitrogens with zero attached hydrogens (tertiary/aromatic N) is 3. The van der Waals surface area contributed by atoms with Crippen molar-refractivity contribution in [2.45, 2.75) is 6.92 Å². The lowest BCUT2D eigenvalue weighted by Crippen LogP contribution is -1.96. The molecule has 3 aromatic rings. The third kappa shape index (κ3) is 2.89. The van der Waals surface area contributed by atoms with Crippen LogP contribution in [0.1, 0.15) is 5.56 Å². The van der Waals surface area contributed by atoms with E-state index in [4.69, 9.17) is 23.2 Å². The SMILES string of the molecule is Cc1ccc(-c2nc(Cl)c(-c3ccccc3)c(Cl)n2)nc1. The summed E-state index contributed by atoms with van der Waals surface area (Å²) in [5, 5.41) is 0.636. The summed E-state index contributed by atoms with van der Waals surface area (Å²) in [5.74, 6) is 0.421. The van der Waals surface area contributed by atoms with Gasteiger partial charge in [0.15, 0.2) is 5.82 Å². The Hall–Kier alpha value is -1.97. The molecule has 2 heterocycles. The molecule has 104 valence electrons. The van der Waals surface area contributed by atoms with Gasteiger partial charge in [0, 0.05) is 6.20 Å². The van der Waals surface area contributed by atoms with Crippen LogP contribution in [0.25, 0.3) is 22.6 Å². The van der Waals surface area contributed by atoms with Gasteiger partial charge in [-0.15, -0.1) is 0 Å². The Bertz CT molecular complexity index is 748. The first-order chi connectivity index (χ1) is 10.1. The number of aromatic nitrogens is 3. The van der Waals surface area contributed by atoms with E-state index in [9.17, 15) is 0 Å². The zero-order valence-electron chi connectivity index (χ0n) is 11.2. The molecular formula is C16H11Cl2N3. The van der Waals surface area contributed by atoms with Gasteiger partial charge in [-0.3, -0.25) is 4.98 Å². The van der Waals surface area contributed by atoms with Crippen molar-refractivity contribution in [1.29, 1.82) is 0 Å². The summed E-state index contributed by atoms with van der Waals surface area (Å²) in [6.07, 6.45) is 1.76. The Morgan fingerprint density at radius 2 is 1.52 bits per heavy atom. The molecule has 0 unspecified atom stereocenters. The number of hydrogen-bond donors (Lipinski definition) is 0. The number of aryl methyl sites for hydroxylation is 1. The van der Waals surface area contributed by atoms with E-state index in [1.54, 1.807) is 6.20 Å². The van der Waals surface area contributed by atoms with Crippen LogP contribution in [-0.4, -0.2) is 15.0 Å². The number of hydrogen-bond acceptors (Lipinski definition) is 3. The van der Waals surface area contributed by atoms with Gasteiger partial charge >= 0.3 is 0 Å². The van der Waals surface area contributed by atoms with Gasteiger partial charge in [-0.1, -0.05) is 59.6 Å². The second-order valence-corrected chi connectivity index (χ2v) is 5.31. The highest BCUT2D eigenvalue weighted by molar-refractivity contribution is 6.37. The molecule has 0 fully saturated rings. The number of halogens is 2. The van der Waals surface area contributed by atoms with Gasteiger partial charge in [-0.25, -0.2) is 9.97 Å². The van der Waals surface area contributed by atoms with Gasteiger partial charge in [-0.05, 0) is 24.1 Å². The maximum atomic E-state index is 6.29. The summed E-state index contributed by atoms with van der Waals surface area (Å²) in [6, 6.07) is 13.4. The van der Waals surface area contributed by atoms with Crippen molar-refractivity contribution >= 4 is 23.2 Å². The van der Waals surface area contributed by atoms with Crippen LogP contribution in [0.4, 0.5) is 0 Å². The highest BCUT2D eigenvalue weighted by atomic mass is 35.5. The van der Waals surface area contributed by atoms with Crippen LogP contribution < -0.4 is 0 Å². The smallest absolute Gasteiger partial charge is 0.181 e. The number of rotatable bonds is 2. The lowest BCUT2D eigenvalue weighted by atomic mass is 10.1. The van der Waals surface area contributed by atoms with Crippen molar-refractivity contribution in [2.24, 2.45) is 0 Å². The first kappa shape index (κ1) is 14.0. The summed E-state index contributed by atoms with van der Waals surface area (Å²) in [6.45, 7) is 1.97. The topological polar surface area (TPSA) is 38.7 Å². The number of benzene rings is 1. The Morgan fingerprint density at radius 3 is 2.10 bits per heavy atom. The average Bonchev–Trinajstić information content (AvgIpc) is 2.48. The Morgan fingerprint density at radius 1 is 0.857 bits per heavy atom. The minimum Gasteiger partial charge on any atom is -0.253 e. The van der Waals surface area contributed by atoms with E-state index in [0.717, 1.165) is 11.1 Å². The van der Waals surface area contributed by atoms with Crippen LogP contribution in [-0.2, 0) is 0 Å². The number of pyridine rings is 1. The van der Waals surface area contributed by atoms with Gasteiger partial charge < -0.3 is 0 Å². The Balaban J connectivity index is 2.10. The van der Waals surface area contributed by atoms with Crippen molar-refractivity contribution in [1.82, 2.24) is 15.0 Å². The average molecular weight is 316 g/mol. The molecule has 0 atom stereocenters. The Labute approximate surface area is 132 Å². The molecule has 3 nitrogen and oxygen atoms in total. The van der Waals surface area contributed by atoms with Gasteiger partial charge in [-0.2, -0.15) is 0 Å². The molecule has 0 saturated heterocycles. The maximum absolute atomic E-state index is 6.29. The highest BCUT2D eigenvalue weighted by Gasteiger charge is 2.14. The summed E-state index contributed by atoms with van der Waals surface area (Å²) < 4.78 is 0. The molecular weight excluding hydrogens is 305 g/mol. The first-order valence-electron chi connectivity index (χ1n) is 6.36. The molecule has 5 heteroatoms.